The van der Waals surface area contributed by atoms with Crippen LogP contribution in [0.2, 0.25) is 0 Å². The molecule has 1 aromatic heterocycles. The molecule has 0 unspecified atom stereocenters. The van der Waals surface area contributed by atoms with E-state index in [0.29, 0.717) is 18.4 Å². The van der Waals surface area contributed by atoms with Gasteiger partial charge in [0, 0.05) is 12.3 Å². The Morgan fingerprint density at radius 3 is 2.33 bits per heavy atom. The molecule has 0 amide bonds. The van der Waals surface area contributed by atoms with Gasteiger partial charge in [-0.3, -0.25) is 0 Å². The first-order valence-electron chi connectivity index (χ1n) is 5.47. The number of rotatable bonds is 3. The highest BCUT2D eigenvalue weighted by Gasteiger charge is 2.11. The lowest BCUT2D eigenvalue weighted by atomic mass is 9.99. The summed E-state index contributed by atoms with van der Waals surface area (Å²) < 4.78 is 5.59. The summed E-state index contributed by atoms with van der Waals surface area (Å²) in [6.45, 7) is 11.5. The maximum Gasteiger partial charge on any atom is 0.213 e. The van der Waals surface area contributed by atoms with Gasteiger partial charge in [0.1, 0.15) is 0 Å². The van der Waals surface area contributed by atoms with Gasteiger partial charge in [0.05, 0.1) is 6.61 Å². The van der Waals surface area contributed by atoms with Crippen molar-refractivity contribution in [3.63, 3.8) is 0 Å². The molecule has 2 nitrogen and oxygen atoms in total. The fourth-order valence-electron chi connectivity index (χ4n) is 1.11. The summed E-state index contributed by atoms with van der Waals surface area (Å²) in [6.07, 6.45) is 1.89. The molecule has 0 aliphatic rings. The zero-order valence-corrected chi connectivity index (χ0v) is 10.4. The standard InChI is InChI=1S/C13H21NO/c1-10(2)11-6-7-12(14-8-11)15-9-13(3,4)5/h6-8,10H,9H2,1-5H3. The van der Waals surface area contributed by atoms with Crippen molar-refractivity contribution in [2.45, 2.75) is 40.5 Å². The van der Waals surface area contributed by atoms with Gasteiger partial charge in [0.2, 0.25) is 5.88 Å². The molecule has 0 N–H and O–H groups in total. The lowest BCUT2D eigenvalue weighted by Crippen LogP contribution is -2.17. The first-order chi connectivity index (χ1) is 6.88. The fourth-order valence-corrected chi connectivity index (χ4v) is 1.11. The van der Waals surface area contributed by atoms with Crippen LogP contribution in [0.1, 0.15) is 46.1 Å². The Hall–Kier alpha value is -1.05. The molecule has 0 saturated carbocycles. The molecule has 0 fully saturated rings. The minimum Gasteiger partial charge on any atom is -0.477 e. The van der Waals surface area contributed by atoms with E-state index in [-0.39, 0.29) is 5.41 Å². The third-order valence-corrected chi connectivity index (χ3v) is 2.08. The molecule has 0 atom stereocenters. The zero-order chi connectivity index (χ0) is 11.5. The van der Waals surface area contributed by atoms with Gasteiger partial charge in [-0.15, -0.1) is 0 Å². The molecule has 1 aromatic rings. The molecule has 0 spiro atoms. The summed E-state index contributed by atoms with van der Waals surface area (Å²) in [4.78, 5) is 4.28. The molecule has 1 heterocycles. The van der Waals surface area contributed by atoms with Crippen LogP contribution in [0, 0.1) is 5.41 Å². The topological polar surface area (TPSA) is 22.1 Å². The number of ether oxygens (including phenoxy) is 1. The summed E-state index contributed by atoms with van der Waals surface area (Å²) in [7, 11) is 0. The molecular weight excluding hydrogens is 186 g/mol. The van der Waals surface area contributed by atoms with E-state index in [1.54, 1.807) is 0 Å². The second kappa shape index (κ2) is 4.65. The molecule has 0 saturated heterocycles. The number of hydrogen-bond donors (Lipinski definition) is 0. The van der Waals surface area contributed by atoms with E-state index in [2.05, 4.69) is 45.7 Å². The minimum absolute atomic E-state index is 0.179. The van der Waals surface area contributed by atoms with Crippen LogP contribution >= 0.6 is 0 Å². The van der Waals surface area contributed by atoms with E-state index in [4.69, 9.17) is 4.74 Å². The largest absolute Gasteiger partial charge is 0.477 e. The molecule has 0 bridgehead atoms. The number of nitrogens with zero attached hydrogens (tertiary/aromatic N) is 1. The first kappa shape index (κ1) is 12.0. The molecule has 0 aliphatic carbocycles. The number of hydrogen-bond acceptors (Lipinski definition) is 2. The second-order valence-electron chi connectivity index (χ2n) is 5.43. The summed E-state index contributed by atoms with van der Waals surface area (Å²) in [6, 6.07) is 4.02. The molecule has 84 valence electrons. The Morgan fingerprint density at radius 1 is 1.27 bits per heavy atom. The SMILES string of the molecule is CC(C)c1ccc(OCC(C)(C)C)nc1. The molecule has 0 aliphatic heterocycles. The van der Waals surface area contributed by atoms with Crippen molar-refractivity contribution in [3.8, 4) is 5.88 Å². The van der Waals surface area contributed by atoms with Crippen molar-refractivity contribution in [1.29, 1.82) is 0 Å². The maximum atomic E-state index is 5.59. The highest BCUT2D eigenvalue weighted by atomic mass is 16.5. The van der Waals surface area contributed by atoms with Crippen molar-refractivity contribution in [2.24, 2.45) is 5.41 Å². The van der Waals surface area contributed by atoms with Crippen LogP contribution in [0.15, 0.2) is 18.3 Å². The van der Waals surface area contributed by atoms with Crippen LogP contribution in [0.3, 0.4) is 0 Å². The number of pyridine rings is 1. The van der Waals surface area contributed by atoms with Crippen LogP contribution in [0.4, 0.5) is 0 Å². The summed E-state index contributed by atoms with van der Waals surface area (Å²) in [5.74, 6) is 1.24. The van der Waals surface area contributed by atoms with Gasteiger partial charge in [0.15, 0.2) is 0 Å². The summed E-state index contributed by atoms with van der Waals surface area (Å²) in [5, 5.41) is 0. The van der Waals surface area contributed by atoms with Crippen LogP contribution in [-0.2, 0) is 0 Å². The average molecular weight is 207 g/mol. The molecule has 15 heavy (non-hydrogen) atoms. The Balaban J connectivity index is 2.57. The van der Waals surface area contributed by atoms with Gasteiger partial charge in [-0.2, -0.15) is 0 Å². The van der Waals surface area contributed by atoms with Gasteiger partial charge in [-0.25, -0.2) is 4.98 Å². The molecule has 0 radical (unpaired) electrons. The van der Waals surface area contributed by atoms with Crippen molar-refractivity contribution >= 4 is 0 Å². The van der Waals surface area contributed by atoms with E-state index in [0.717, 1.165) is 0 Å². The third-order valence-electron chi connectivity index (χ3n) is 2.08. The smallest absolute Gasteiger partial charge is 0.213 e. The monoisotopic (exact) mass is 207 g/mol. The zero-order valence-electron chi connectivity index (χ0n) is 10.4. The quantitative estimate of drug-likeness (QED) is 0.755. The first-order valence-corrected chi connectivity index (χ1v) is 5.47. The summed E-state index contributed by atoms with van der Waals surface area (Å²) >= 11 is 0. The predicted molar refractivity (Wildman–Crippen MR) is 63.3 cm³/mol. The second-order valence-corrected chi connectivity index (χ2v) is 5.43. The predicted octanol–water partition coefficient (Wildman–Crippen LogP) is 3.63. The van der Waals surface area contributed by atoms with E-state index >= 15 is 0 Å². The lowest BCUT2D eigenvalue weighted by Gasteiger charge is -2.18. The van der Waals surface area contributed by atoms with Gasteiger partial charge in [-0.1, -0.05) is 40.7 Å². The van der Waals surface area contributed by atoms with Crippen LogP contribution < -0.4 is 4.74 Å². The van der Waals surface area contributed by atoms with E-state index in [1.165, 1.54) is 5.56 Å². The summed E-state index contributed by atoms with van der Waals surface area (Å²) in [5.41, 5.74) is 1.43. The lowest BCUT2D eigenvalue weighted by molar-refractivity contribution is 0.191. The van der Waals surface area contributed by atoms with Crippen molar-refractivity contribution in [2.75, 3.05) is 6.61 Å². The fraction of sp³-hybridized carbons (Fsp3) is 0.615. The van der Waals surface area contributed by atoms with Crippen LogP contribution in [-0.4, -0.2) is 11.6 Å². The van der Waals surface area contributed by atoms with E-state index < -0.39 is 0 Å². The average Bonchev–Trinajstić information content (AvgIpc) is 2.14. The Labute approximate surface area is 92.7 Å². The van der Waals surface area contributed by atoms with Crippen molar-refractivity contribution in [1.82, 2.24) is 4.98 Å². The Morgan fingerprint density at radius 2 is 1.93 bits per heavy atom. The van der Waals surface area contributed by atoms with Crippen LogP contribution in [0.5, 0.6) is 5.88 Å². The number of aromatic nitrogens is 1. The van der Waals surface area contributed by atoms with Gasteiger partial charge >= 0.3 is 0 Å². The van der Waals surface area contributed by atoms with Crippen molar-refractivity contribution < 1.29 is 4.74 Å². The minimum atomic E-state index is 0.179. The van der Waals surface area contributed by atoms with E-state index in [1.807, 2.05) is 12.3 Å². The van der Waals surface area contributed by atoms with Crippen LogP contribution in [0.25, 0.3) is 0 Å². The Bertz CT molecular complexity index is 295. The van der Waals surface area contributed by atoms with Gasteiger partial charge < -0.3 is 4.74 Å². The highest BCUT2D eigenvalue weighted by Crippen LogP contribution is 2.18. The third kappa shape index (κ3) is 4.32. The van der Waals surface area contributed by atoms with E-state index in [9.17, 15) is 0 Å². The van der Waals surface area contributed by atoms with Crippen molar-refractivity contribution in [3.05, 3.63) is 23.9 Å². The molecule has 1 rings (SSSR count). The Kier molecular flexibility index (Phi) is 3.72. The molecule has 2 heteroatoms. The molecular formula is C13H21NO. The van der Waals surface area contributed by atoms with Gasteiger partial charge in [0.25, 0.3) is 0 Å². The maximum absolute atomic E-state index is 5.59. The van der Waals surface area contributed by atoms with Gasteiger partial charge in [-0.05, 0) is 16.9 Å². The molecule has 0 aromatic carbocycles. The highest BCUT2D eigenvalue weighted by molar-refractivity contribution is 5.20. The normalized spacial score (nSPS) is 11.9.